The molecular weight excluding hydrogens is 380 g/mol. The number of ketones is 1. The van der Waals surface area contributed by atoms with E-state index in [0.717, 1.165) is 23.1 Å². The summed E-state index contributed by atoms with van der Waals surface area (Å²) in [6.45, 7) is 6.11. The van der Waals surface area contributed by atoms with Crippen LogP contribution in [0.4, 0.5) is 0 Å². The van der Waals surface area contributed by atoms with Gasteiger partial charge in [0.15, 0.2) is 5.78 Å². The summed E-state index contributed by atoms with van der Waals surface area (Å²) in [5, 5.41) is 11.2. The van der Waals surface area contributed by atoms with Crippen LogP contribution in [0.1, 0.15) is 40.2 Å². The molecule has 29 heavy (non-hydrogen) atoms. The van der Waals surface area contributed by atoms with Gasteiger partial charge in [0.25, 0.3) is 0 Å². The van der Waals surface area contributed by atoms with Crippen LogP contribution >= 0.6 is 11.8 Å². The number of allylic oxidation sites excluding steroid dienone is 1. The first-order chi connectivity index (χ1) is 13.9. The molecule has 0 unspecified atom stereocenters. The van der Waals surface area contributed by atoms with Gasteiger partial charge >= 0.3 is 0 Å². The van der Waals surface area contributed by atoms with Crippen molar-refractivity contribution in [3.63, 3.8) is 0 Å². The normalized spacial score (nSPS) is 30.3. The molecule has 2 saturated heterocycles. The molecule has 0 amide bonds. The van der Waals surface area contributed by atoms with Crippen LogP contribution < -0.4 is 0 Å². The topological polar surface area (TPSA) is 46.5 Å². The molecule has 1 N–H and O–H groups in total. The average molecular weight is 407 g/mol. The largest absolute Gasteiger partial charge is 0.511 e. The van der Waals surface area contributed by atoms with Gasteiger partial charge in [0.05, 0.1) is 29.6 Å². The number of hydrogen-bond acceptors (Lipinski definition) is 4. The standard InChI is InChI=1S/C25H26O3S/c1-12-9-13(2)19(14(3)10-12)21-23(26)20-18-11-17(25(28-18)22(20)24(21)27)15-5-7-16(29-4)8-6-15/h5-10,17-18,20,22,25,27H,11H2,1-4H3/t17-,18-,20-,22+,25+/m0/s1. The number of Topliss-reactive ketones (excluding diaryl/α,β-unsaturated/α-hetero) is 1. The summed E-state index contributed by atoms with van der Waals surface area (Å²) in [6.07, 6.45) is 2.69. The molecule has 5 rings (SSSR count). The summed E-state index contributed by atoms with van der Waals surface area (Å²) in [7, 11) is 0. The maximum atomic E-state index is 13.4. The number of benzene rings is 2. The van der Waals surface area contributed by atoms with E-state index in [4.69, 9.17) is 4.74 Å². The second-order valence-electron chi connectivity index (χ2n) is 8.70. The third-order valence-electron chi connectivity index (χ3n) is 6.95. The van der Waals surface area contributed by atoms with Gasteiger partial charge in [0.2, 0.25) is 0 Å². The molecule has 2 fully saturated rings. The number of carbonyl (C=O) groups excluding carboxylic acids is 1. The van der Waals surface area contributed by atoms with E-state index in [1.165, 1.54) is 16.0 Å². The van der Waals surface area contributed by atoms with E-state index in [9.17, 15) is 9.90 Å². The highest BCUT2D eigenvalue weighted by Crippen LogP contribution is 2.58. The summed E-state index contributed by atoms with van der Waals surface area (Å²) in [6, 6.07) is 12.8. The number of aliphatic hydroxyl groups is 1. The first-order valence-corrected chi connectivity index (χ1v) is 11.5. The zero-order valence-corrected chi connectivity index (χ0v) is 18.0. The van der Waals surface area contributed by atoms with Gasteiger partial charge in [-0.2, -0.15) is 0 Å². The SMILES string of the molecule is CSc1ccc([C@@H]2C[C@@H]3O[C@H]2[C@H]2C(O)=C(c4c(C)cc(C)cc4C)C(=O)[C@H]23)cc1. The van der Waals surface area contributed by atoms with E-state index in [1.54, 1.807) is 11.8 Å². The van der Waals surface area contributed by atoms with Crippen LogP contribution in [0.3, 0.4) is 0 Å². The third kappa shape index (κ3) is 2.72. The van der Waals surface area contributed by atoms with Crippen LogP contribution in [-0.2, 0) is 9.53 Å². The highest BCUT2D eigenvalue weighted by atomic mass is 32.2. The Morgan fingerprint density at radius 1 is 1.03 bits per heavy atom. The maximum Gasteiger partial charge on any atom is 0.173 e. The maximum absolute atomic E-state index is 13.4. The van der Waals surface area contributed by atoms with E-state index in [0.29, 0.717) is 5.57 Å². The van der Waals surface area contributed by atoms with Crippen molar-refractivity contribution in [1.82, 2.24) is 0 Å². The van der Waals surface area contributed by atoms with Crippen molar-refractivity contribution in [1.29, 1.82) is 0 Å². The van der Waals surface area contributed by atoms with Gasteiger partial charge in [-0.1, -0.05) is 29.8 Å². The van der Waals surface area contributed by atoms with Crippen molar-refractivity contribution in [3.05, 3.63) is 70.0 Å². The van der Waals surface area contributed by atoms with Crippen molar-refractivity contribution in [2.24, 2.45) is 11.8 Å². The molecular formula is C25H26O3S. The second-order valence-corrected chi connectivity index (χ2v) is 9.58. The van der Waals surface area contributed by atoms with Crippen LogP contribution in [0.15, 0.2) is 47.1 Å². The molecule has 0 aromatic heterocycles. The monoisotopic (exact) mass is 406 g/mol. The van der Waals surface area contributed by atoms with Crippen molar-refractivity contribution in [2.45, 2.75) is 50.2 Å². The molecule has 2 aromatic rings. The Balaban J connectivity index is 1.54. The average Bonchev–Trinajstić information content (AvgIpc) is 3.34. The number of aryl methyl sites for hydroxylation is 3. The lowest BCUT2D eigenvalue weighted by molar-refractivity contribution is -0.118. The predicted octanol–water partition coefficient (Wildman–Crippen LogP) is 5.37. The molecule has 0 radical (unpaired) electrons. The number of aliphatic hydroxyl groups excluding tert-OH is 1. The number of thioether (sulfide) groups is 1. The molecule has 3 nitrogen and oxygen atoms in total. The van der Waals surface area contributed by atoms with Gasteiger partial charge in [-0.15, -0.1) is 11.8 Å². The Kier molecular flexibility index (Phi) is 4.41. The van der Waals surface area contributed by atoms with Gasteiger partial charge in [-0.05, 0) is 67.8 Å². The van der Waals surface area contributed by atoms with E-state index >= 15 is 0 Å². The fourth-order valence-corrected chi connectivity index (χ4v) is 6.27. The summed E-state index contributed by atoms with van der Waals surface area (Å²) >= 11 is 1.73. The molecule has 2 aliphatic heterocycles. The van der Waals surface area contributed by atoms with Gasteiger partial charge in [-0.3, -0.25) is 4.79 Å². The Morgan fingerprint density at radius 2 is 1.69 bits per heavy atom. The van der Waals surface area contributed by atoms with Crippen molar-refractivity contribution < 1.29 is 14.6 Å². The summed E-state index contributed by atoms with van der Waals surface area (Å²) in [5.74, 6) is 0.0734. The molecule has 5 atom stereocenters. The second kappa shape index (κ2) is 6.75. The molecule has 3 aliphatic rings. The minimum Gasteiger partial charge on any atom is -0.511 e. The van der Waals surface area contributed by atoms with Crippen molar-refractivity contribution in [3.8, 4) is 0 Å². The quantitative estimate of drug-likeness (QED) is 0.696. The molecule has 4 heteroatoms. The first kappa shape index (κ1) is 19.0. The zero-order valence-electron chi connectivity index (χ0n) is 17.2. The lowest BCUT2D eigenvalue weighted by atomic mass is 9.72. The minimum absolute atomic E-state index is 0.0613. The predicted molar refractivity (Wildman–Crippen MR) is 116 cm³/mol. The number of hydrogen-bond donors (Lipinski definition) is 1. The number of rotatable bonds is 3. The van der Waals surface area contributed by atoms with E-state index in [2.05, 4.69) is 49.6 Å². The summed E-state index contributed by atoms with van der Waals surface area (Å²) in [4.78, 5) is 14.6. The molecule has 1 aliphatic carbocycles. The summed E-state index contributed by atoms with van der Waals surface area (Å²) in [5.41, 5.74) is 5.96. The molecule has 2 bridgehead atoms. The van der Waals surface area contributed by atoms with E-state index in [1.807, 2.05) is 13.8 Å². The Bertz CT molecular complexity index is 1010. The number of carbonyl (C=O) groups is 1. The lowest BCUT2D eigenvalue weighted by Gasteiger charge is -2.27. The minimum atomic E-state index is -0.239. The molecule has 2 aromatic carbocycles. The third-order valence-corrected chi connectivity index (χ3v) is 7.69. The molecule has 2 heterocycles. The highest BCUT2D eigenvalue weighted by molar-refractivity contribution is 7.98. The lowest BCUT2D eigenvalue weighted by Crippen LogP contribution is -2.33. The van der Waals surface area contributed by atoms with Crippen LogP contribution in [0, 0.1) is 32.6 Å². The van der Waals surface area contributed by atoms with Gasteiger partial charge in [0, 0.05) is 10.8 Å². The Labute approximate surface area is 176 Å². The first-order valence-electron chi connectivity index (χ1n) is 10.3. The van der Waals surface area contributed by atoms with E-state index in [-0.39, 0.29) is 41.5 Å². The van der Waals surface area contributed by atoms with Crippen molar-refractivity contribution >= 4 is 23.1 Å². The number of ether oxygens (including phenoxy) is 1. The van der Waals surface area contributed by atoms with Gasteiger partial charge in [-0.25, -0.2) is 0 Å². The molecule has 0 saturated carbocycles. The van der Waals surface area contributed by atoms with Gasteiger partial charge in [0.1, 0.15) is 5.76 Å². The fraction of sp³-hybridized carbons (Fsp3) is 0.400. The number of fused-ring (bicyclic) bond motifs is 5. The van der Waals surface area contributed by atoms with Crippen LogP contribution in [0.5, 0.6) is 0 Å². The summed E-state index contributed by atoms with van der Waals surface area (Å²) < 4.78 is 6.25. The van der Waals surface area contributed by atoms with Crippen LogP contribution in [0.2, 0.25) is 0 Å². The van der Waals surface area contributed by atoms with Crippen LogP contribution in [0.25, 0.3) is 5.57 Å². The molecule has 0 spiro atoms. The molecule has 150 valence electrons. The fourth-order valence-electron chi connectivity index (χ4n) is 5.86. The van der Waals surface area contributed by atoms with Gasteiger partial charge < -0.3 is 9.84 Å². The van der Waals surface area contributed by atoms with Crippen LogP contribution in [-0.4, -0.2) is 29.4 Å². The smallest absolute Gasteiger partial charge is 0.173 e. The highest BCUT2D eigenvalue weighted by Gasteiger charge is 2.62. The Morgan fingerprint density at radius 3 is 2.31 bits per heavy atom. The Hall–Kier alpha value is -2.04. The zero-order chi connectivity index (χ0) is 20.4. The van der Waals surface area contributed by atoms with E-state index < -0.39 is 0 Å². The van der Waals surface area contributed by atoms with Crippen molar-refractivity contribution in [2.75, 3.05) is 6.26 Å².